The number of methoxy groups -OCH3 is 1. The number of aromatic nitrogens is 1. The number of carbonyl (C=O) groups excluding carboxylic acids is 1. The lowest BCUT2D eigenvalue weighted by Crippen LogP contribution is -2.28. The number of nitrogens with zero attached hydrogens (tertiary/aromatic N) is 1. The van der Waals surface area contributed by atoms with Gasteiger partial charge in [-0.15, -0.1) is 11.3 Å². The number of ether oxygens (including phenoxy) is 2. The number of thiophene rings is 1. The highest BCUT2D eigenvalue weighted by atomic mass is 32.1. The minimum Gasteiger partial charge on any atom is -0.495 e. The third-order valence-corrected chi connectivity index (χ3v) is 4.34. The number of nitrogens with one attached hydrogen (secondary N) is 1. The van der Waals surface area contributed by atoms with Crippen molar-refractivity contribution in [3.8, 4) is 5.75 Å². The lowest BCUT2D eigenvalue weighted by atomic mass is 10.2. The Balaban J connectivity index is 1.68. The first-order chi connectivity index (χ1) is 12.1. The van der Waals surface area contributed by atoms with Crippen LogP contribution in [0.3, 0.4) is 0 Å². The number of hydrogen-bond acceptors (Lipinski definition) is 7. The number of fused-ring (bicyclic) bond motifs is 1. The van der Waals surface area contributed by atoms with E-state index in [1.165, 1.54) is 18.4 Å². The van der Waals surface area contributed by atoms with Gasteiger partial charge in [-0.2, -0.15) is 0 Å². The highest BCUT2D eigenvalue weighted by Crippen LogP contribution is 2.28. The van der Waals surface area contributed by atoms with Gasteiger partial charge in [0, 0.05) is 5.38 Å². The molecule has 1 N–H and O–H groups in total. The molecule has 0 unspecified atom stereocenters. The molecule has 0 spiro atoms. The van der Waals surface area contributed by atoms with E-state index in [0.29, 0.717) is 16.0 Å². The van der Waals surface area contributed by atoms with E-state index in [2.05, 4.69) is 10.3 Å². The van der Waals surface area contributed by atoms with Crippen LogP contribution in [0.15, 0.2) is 44.9 Å². The molecule has 8 heteroatoms. The Kier molecular flexibility index (Phi) is 4.99. The van der Waals surface area contributed by atoms with Crippen LogP contribution in [0.25, 0.3) is 10.2 Å². The van der Waals surface area contributed by atoms with Crippen LogP contribution in [0.2, 0.25) is 0 Å². The summed E-state index contributed by atoms with van der Waals surface area (Å²) in [6.45, 7) is 1.81. The van der Waals surface area contributed by atoms with Crippen LogP contribution in [0.4, 0.5) is 4.79 Å². The van der Waals surface area contributed by atoms with Crippen molar-refractivity contribution in [2.45, 2.75) is 19.6 Å². The number of benzene rings is 1. The number of hydrogen-bond donors (Lipinski definition) is 1. The quantitative estimate of drug-likeness (QED) is 0.751. The van der Waals surface area contributed by atoms with Gasteiger partial charge < -0.3 is 19.2 Å². The second-order valence-electron chi connectivity index (χ2n) is 5.25. The van der Waals surface area contributed by atoms with E-state index >= 15 is 0 Å². The SMILES string of the molecule is COc1csc2nc([C@H](C)NC(=O)OCc3ccccc3)oc(=O)c12. The summed E-state index contributed by atoms with van der Waals surface area (Å²) in [4.78, 5) is 28.8. The predicted molar refractivity (Wildman–Crippen MR) is 92.9 cm³/mol. The van der Waals surface area contributed by atoms with Gasteiger partial charge in [0.2, 0.25) is 5.89 Å². The number of carbonyl (C=O) groups is 1. The van der Waals surface area contributed by atoms with Crippen LogP contribution in [-0.4, -0.2) is 18.2 Å². The monoisotopic (exact) mass is 360 g/mol. The van der Waals surface area contributed by atoms with Crippen molar-refractivity contribution in [3.63, 3.8) is 0 Å². The smallest absolute Gasteiger partial charge is 0.408 e. The standard InChI is InChI=1S/C17H16N2O5S/c1-10(18-17(21)23-8-11-6-4-3-5-7-11)14-19-15-13(16(20)24-14)12(22-2)9-25-15/h3-7,9-10H,8H2,1-2H3,(H,18,21)/t10-/m0/s1. The van der Waals surface area contributed by atoms with Crippen molar-refractivity contribution in [2.75, 3.05) is 7.11 Å². The zero-order valence-corrected chi connectivity index (χ0v) is 14.5. The summed E-state index contributed by atoms with van der Waals surface area (Å²) in [6.07, 6.45) is -0.621. The van der Waals surface area contributed by atoms with Crippen LogP contribution in [0, 0.1) is 0 Å². The van der Waals surface area contributed by atoms with Gasteiger partial charge in [0.05, 0.1) is 7.11 Å². The van der Waals surface area contributed by atoms with Gasteiger partial charge in [0.15, 0.2) is 0 Å². The molecule has 7 nitrogen and oxygen atoms in total. The Morgan fingerprint density at radius 2 is 2.12 bits per heavy atom. The molecule has 3 aromatic rings. The van der Waals surface area contributed by atoms with Gasteiger partial charge in [0.1, 0.15) is 28.6 Å². The predicted octanol–water partition coefficient (Wildman–Crippen LogP) is 3.25. The molecule has 0 aliphatic carbocycles. The van der Waals surface area contributed by atoms with Crippen molar-refractivity contribution in [2.24, 2.45) is 0 Å². The van der Waals surface area contributed by atoms with Crippen molar-refractivity contribution < 1.29 is 18.7 Å². The summed E-state index contributed by atoms with van der Waals surface area (Å²) in [6, 6.07) is 8.71. The van der Waals surface area contributed by atoms with Gasteiger partial charge in [-0.1, -0.05) is 30.3 Å². The minimum absolute atomic E-state index is 0.110. The van der Waals surface area contributed by atoms with Crippen molar-refractivity contribution >= 4 is 27.6 Å². The highest BCUT2D eigenvalue weighted by molar-refractivity contribution is 7.17. The fourth-order valence-electron chi connectivity index (χ4n) is 2.21. The van der Waals surface area contributed by atoms with Crippen LogP contribution in [0.5, 0.6) is 5.75 Å². The molecule has 1 atom stereocenters. The van der Waals surface area contributed by atoms with Gasteiger partial charge in [0.25, 0.3) is 0 Å². The van der Waals surface area contributed by atoms with E-state index in [9.17, 15) is 9.59 Å². The van der Waals surface area contributed by atoms with E-state index in [1.54, 1.807) is 12.3 Å². The summed E-state index contributed by atoms with van der Waals surface area (Å²) in [5.41, 5.74) is 0.325. The average molecular weight is 360 g/mol. The zero-order chi connectivity index (χ0) is 17.8. The van der Waals surface area contributed by atoms with Gasteiger partial charge in [-0.05, 0) is 12.5 Å². The first-order valence-electron chi connectivity index (χ1n) is 7.52. The molecule has 3 rings (SSSR count). The Bertz CT molecular complexity index is 935. The van der Waals surface area contributed by atoms with Gasteiger partial charge in [-0.3, -0.25) is 0 Å². The van der Waals surface area contributed by atoms with Crippen LogP contribution >= 0.6 is 11.3 Å². The largest absolute Gasteiger partial charge is 0.495 e. The maximum absolute atomic E-state index is 12.1. The third-order valence-electron chi connectivity index (χ3n) is 3.49. The van der Waals surface area contributed by atoms with E-state index in [0.717, 1.165) is 5.56 Å². The van der Waals surface area contributed by atoms with Crippen molar-refractivity contribution in [1.29, 1.82) is 0 Å². The van der Waals surface area contributed by atoms with Crippen LogP contribution < -0.4 is 15.7 Å². The molecule has 2 heterocycles. The molecule has 1 amide bonds. The van der Waals surface area contributed by atoms with E-state index in [1.807, 2.05) is 30.3 Å². The normalized spacial score (nSPS) is 11.9. The van der Waals surface area contributed by atoms with Crippen molar-refractivity contribution in [3.05, 3.63) is 57.6 Å². The second-order valence-corrected chi connectivity index (χ2v) is 6.11. The molecule has 25 heavy (non-hydrogen) atoms. The lowest BCUT2D eigenvalue weighted by molar-refractivity contribution is 0.134. The number of alkyl carbamates (subject to hydrolysis) is 1. The Hall–Kier alpha value is -2.87. The zero-order valence-electron chi connectivity index (χ0n) is 13.6. The maximum Gasteiger partial charge on any atom is 0.408 e. The topological polar surface area (TPSA) is 90.7 Å². The maximum atomic E-state index is 12.1. The number of amides is 1. The molecule has 1 aromatic carbocycles. The average Bonchev–Trinajstić information content (AvgIpc) is 3.04. The molecule has 0 bridgehead atoms. The lowest BCUT2D eigenvalue weighted by Gasteiger charge is -2.12. The number of rotatable bonds is 5. The molecule has 0 saturated carbocycles. The fourth-order valence-corrected chi connectivity index (χ4v) is 3.09. The van der Waals surface area contributed by atoms with Crippen LogP contribution in [0.1, 0.15) is 24.4 Å². The Labute approximate surface area is 147 Å². The Morgan fingerprint density at radius 1 is 1.36 bits per heavy atom. The summed E-state index contributed by atoms with van der Waals surface area (Å²) in [7, 11) is 1.47. The third kappa shape index (κ3) is 3.80. The molecule has 0 aliphatic heterocycles. The molecular formula is C17H16N2O5S. The van der Waals surface area contributed by atoms with Crippen molar-refractivity contribution in [1.82, 2.24) is 10.3 Å². The minimum atomic E-state index is -0.621. The summed E-state index contributed by atoms with van der Waals surface area (Å²) in [5.74, 6) is 0.536. The van der Waals surface area contributed by atoms with Gasteiger partial charge in [-0.25, -0.2) is 14.6 Å². The molecule has 130 valence electrons. The highest BCUT2D eigenvalue weighted by Gasteiger charge is 2.19. The van der Waals surface area contributed by atoms with Gasteiger partial charge >= 0.3 is 11.7 Å². The molecule has 0 saturated heterocycles. The summed E-state index contributed by atoms with van der Waals surface area (Å²) in [5, 5.41) is 4.58. The molecule has 0 aliphatic rings. The van der Waals surface area contributed by atoms with E-state index in [-0.39, 0.29) is 12.5 Å². The van der Waals surface area contributed by atoms with Crippen LogP contribution in [-0.2, 0) is 11.3 Å². The summed E-state index contributed by atoms with van der Waals surface area (Å²) >= 11 is 1.27. The van der Waals surface area contributed by atoms with E-state index < -0.39 is 17.8 Å². The summed E-state index contributed by atoms with van der Waals surface area (Å²) < 4.78 is 15.5. The second kappa shape index (κ2) is 7.35. The first-order valence-corrected chi connectivity index (χ1v) is 8.40. The molecule has 2 aromatic heterocycles. The Morgan fingerprint density at radius 3 is 2.84 bits per heavy atom. The van der Waals surface area contributed by atoms with E-state index in [4.69, 9.17) is 13.9 Å². The molecule has 0 fully saturated rings. The fraction of sp³-hybridized carbons (Fsp3) is 0.235. The first kappa shape index (κ1) is 17.0. The molecule has 0 radical (unpaired) electrons. The molecular weight excluding hydrogens is 344 g/mol.